The summed E-state index contributed by atoms with van der Waals surface area (Å²) in [4.78, 5) is 4.39. The van der Waals surface area contributed by atoms with E-state index in [1.165, 1.54) is 30.5 Å². The number of pyridine rings is 1. The van der Waals surface area contributed by atoms with Crippen LogP contribution in [-0.4, -0.2) is 34.0 Å². The van der Waals surface area contributed by atoms with E-state index in [1.54, 1.807) is 12.1 Å². The highest BCUT2D eigenvalue weighted by molar-refractivity contribution is 5.73. The van der Waals surface area contributed by atoms with Crippen LogP contribution in [0.5, 0.6) is 11.6 Å². The lowest BCUT2D eigenvalue weighted by atomic mass is 9.93. The minimum Gasteiger partial charge on any atom is -0.493 e. The highest BCUT2D eigenvalue weighted by Gasteiger charge is 2.45. The number of aliphatic hydroxyl groups is 2. The first-order valence-electron chi connectivity index (χ1n) is 12.3. The fourth-order valence-electron chi connectivity index (χ4n) is 5.16. The van der Waals surface area contributed by atoms with E-state index in [9.17, 15) is 19.0 Å². The summed E-state index contributed by atoms with van der Waals surface area (Å²) in [6.45, 7) is 5.04. The standard InChI is InChI=1S/C29H31F2NO4/c1-16-6-21(35-5-4-29(3,34)15-33)7-17(2)28(16)23-10-20(25(30)12-26(23)31)14-36-27-11-19-8-18-9-22(18)24(19)13-32-27/h6-7,10-13,18,22,33-34H,4-5,8-9,14-15H2,1-3H3. The van der Waals surface area contributed by atoms with Gasteiger partial charge in [-0.15, -0.1) is 0 Å². The van der Waals surface area contributed by atoms with Gasteiger partial charge in [0, 0.05) is 35.9 Å². The van der Waals surface area contributed by atoms with Crippen LogP contribution >= 0.6 is 0 Å². The van der Waals surface area contributed by atoms with Gasteiger partial charge in [0.1, 0.15) is 24.0 Å². The molecule has 5 nitrogen and oxygen atoms in total. The molecule has 0 spiro atoms. The molecule has 0 saturated heterocycles. The molecule has 1 fully saturated rings. The van der Waals surface area contributed by atoms with Crippen LogP contribution in [-0.2, 0) is 13.0 Å². The number of fused-ring (bicyclic) bond motifs is 3. The summed E-state index contributed by atoms with van der Waals surface area (Å²) in [5.74, 6) is 1.11. The topological polar surface area (TPSA) is 71.8 Å². The molecule has 3 atom stereocenters. The van der Waals surface area contributed by atoms with Crippen LogP contribution in [0.25, 0.3) is 11.1 Å². The van der Waals surface area contributed by atoms with Crippen LogP contribution < -0.4 is 9.47 Å². The zero-order chi connectivity index (χ0) is 25.6. The van der Waals surface area contributed by atoms with Crippen molar-refractivity contribution in [1.82, 2.24) is 4.98 Å². The van der Waals surface area contributed by atoms with Gasteiger partial charge >= 0.3 is 0 Å². The van der Waals surface area contributed by atoms with Gasteiger partial charge in [-0.2, -0.15) is 0 Å². The summed E-state index contributed by atoms with van der Waals surface area (Å²) >= 11 is 0. The van der Waals surface area contributed by atoms with E-state index >= 15 is 0 Å². The van der Waals surface area contributed by atoms with Crippen LogP contribution in [0.2, 0.25) is 0 Å². The van der Waals surface area contributed by atoms with Crippen molar-refractivity contribution in [3.8, 4) is 22.8 Å². The lowest BCUT2D eigenvalue weighted by molar-refractivity contribution is -0.0139. The quantitative estimate of drug-likeness (QED) is 0.416. The van der Waals surface area contributed by atoms with Gasteiger partial charge in [-0.25, -0.2) is 13.8 Å². The molecule has 5 rings (SSSR count). The molecule has 3 unspecified atom stereocenters. The highest BCUT2D eigenvalue weighted by Crippen LogP contribution is 2.56. The Bertz CT molecular complexity index is 1280. The summed E-state index contributed by atoms with van der Waals surface area (Å²) < 4.78 is 41.1. The van der Waals surface area contributed by atoms with E-state index in [4.69, 9.17) is 9.47 Å². The van der Waals surface area contributed by atoms with Gasteiger partial charge in [0.2, 0.25) is 5.88 Å². The monoisotopic (exact) mass is 495 g/mol. The summed E-state index contributed by atoms with van der Waals surface area (Å²) in [6, 6.07) is 7.91. The number of hydrogen-bond donors (Lipinski definition) is 2. The summed E-state index contributed by atoms with van der Waals surface area (Å²) in [7, 11) is 0. The Morgan fingerprint density at radius 1 is 1.06 bits per heavy atom. The summed E-state index contributed by atoms with van der Waals surface area (Å²) in [5, 5.41) is 19.1. The Labute approximate surface area is 209 Å². The van der Waals surface area contributed by atoms with Crippen molar-refractivity contribution in [3.05, 3.63) is 76.0 Å². The van der Waals surface area contributed by atoms with Crippen molar-refractivity contribution in [3.63, 3.8) is 0 Å². The molecule has 2 N–H and O–H groups in total. The molecule has 2 aromatic carbocycles. The number of rotatable bonds is 9. The minimum atomic E-state index is -1.21. The number of aliphatic hydroxyl groups excluding tert-OH is 1. The molecule has 1 heterocycles. The van der Waals surface area contributed by atoms with Gasteiger partial charge in [-0.1, -0.05) is 0 Å². The molecular formula is C29H31F2NO4. The number of hydrogen-bond acceptors (Lipinski definition) is 5. The number of nitrogens with zero attached hydrogens (tertiary/aromatic N) is 1. The first-order chi connectivity index (χ1) is 17.1. The molecule has 2 aliphatic carbocycles. The van der Waals surface area contributed by atoms with Crippen LogP contribution in [0, 0.1) is 31.4 Å². The predicted octanol–water partition coefficient (Wildman–Crippen LogP) is 5.39. The number of ether oxygens (including phenoxy) is 2. The second-order valence-electron chi connectivity index (χ2n) is 10.4. The first kappa shape index (κ1) is 24.7. The third-order valence-electron chi connectivity index (χ3n) is 7.34. The summed E-state index contributed by atoms with van der Waals surface area (Å²) in [6.07, 6.45) is 4.43. The van der Waals surface area contributed by atoms with Crippen LogP contribution in [0.4, 0.5) is 8.78 Å². The van der Waals surface area contributed by atoms with Gasteiger partial charge in [-0.3, -0.25) is 0 Å². The zero-order valence-corrected chi connectivity index (χ0v) is 20.8. The van der Waals surface area contributed by atoms with E-state index in [-0.39, 0.29) is 31.8 Å². The highest BCUT2D eigenvalue weighted by atomic mass is 19.1. The SMILES string of the molecule is Cc1cc(OCCC(C)(O)CO)cc(C)c1-c1cc(COc2cc3c(cn2)C2CC2C3)c(F)cc1F. The molecule has 0 aliphatic heterocycles. The number of benzene rings is 2. The molecule has 190 valence electrons. The predicted molar refractivity (Wildman–Crippen MR) is 132 cm³/mol. The average molecular weight is 496 g/mol. The van der Waals surface area contributed by atoms with Gasteiger partial charge in [-0.05, 0) is 91.5 Å². The van der Waals surface area contributed by atoms with Gasteiger partial charge in [0.25, 0.3) is 0 Å². The van der Waals surface area contributed by atoms with Crippen LogP contribution in [0.3, 0.4) is 0 Å². The van der Waals surface area contributed by atoms with Crippen molar-refractivity contribution in [1.29, 1.82) is 0 Å². The molecule has 7 heteroatoms. The lowest BCUT2D eigenvalue weighted by Gasteiger charge is -2.21. The summed E-state index contributed by atoms with van der Waals surface area (Å²) in [5.41, 5.74) is 4.11. The van der Waals surface area contributed by atoms with Gasteiger partial charge in [0.15, 0.2) is 0 Å². The van der Waals surface area contributed by atoms with Gasteiger partial charge < -0.3 is 19.7 Å². The molecule has 0 bridgehead atoms. The number of aryl methyl sites for hydroxylation is 2. The maximum atomic E-state index is 14.9. The van der Waals surface area contributed by atoms with Crippen LogP contribution in [0.15, 0.2) is 36.5 Å². The molecular weight excluding hydrogens is 464 g/mol. The second-order valence-corrected chi connectivity index (χ2v) is 10.4. The Kier molecular flexibility index (Phi) is 6.47. The Morgan fingerprint density at radius 3 is 2.53 bits per heavy atom. The molecule has 2 aliphatic rings. The lowest BCUT2D eigenvalue weighted by Crippen LogP contribution is -2.31. The van der Waals surface area contributed by atoms with E-state index in [1.807, 2.05) is 26.1 Å². The van der Waals surface area contributed by atoms with Crippen molar-refractivity contribution < 1.29 is 28.5 Å². The third-order valence-corrected chi connectivity index (χ3v) is 7.34. The van der Waals surface area contributed by atoms with E-state index in [2.05, 4.69) is 4.98 Å². The molecule has 0 amide bonds. The molecule has 1 saturated carbocycles. The first-order valence-corrected chi connectivity index (χ1v) is 12.3. The van der Waals surface area contributed by atoms with Crippen molar-refractivity contribution in [2.45, 2.75) is 58.2 Å². The average Bonchev–Trinajstić information content (AvgIpc) is 3.49. The Balaban J connectivity index is 1.33. The zero-order valence-electron chi connectivity index (χ0n) is 20.8. The van der Waals surface area contributed by atoms with E-state index < -0.39 is 17.2 Å². The molecule has 36 heavy (non-hydrogen) atoms. The minimum absolute atomic E-state index is 0.0537. The normalized spacial score (nSPS) is 19.4. The largest absolute Gasteiger partial charge is 0.493 e. The van der Waals surface area contributed by atoms with Crippen LogP contribution in [0.1, 0.15) is 53.5 Å². The molecule has 3 aromatic rings. The van der Waals surface area contributed by atoms with E-state index in [0.717, 1.165) is 29.5 Å². The Morgan fingerprint density at radius 2 is 1.81 bits per heavy atom. The fraction of sp³-hybridized carbons (Fsp3) is 0.414. The van der Waals surface area contributed by atoms with Gasteiger partial charge in [0.05, 0.1) is 18.8 Å². The Hall–Kier alpha value is -3.03. The van der Waals surface area contributed by atoms with Crippen molar-refractivity contribution >= 4 is 0 Å². The molecule has 0 radical (unpaired) electrons. The van der Waals surface area contributed by atoms with Crippen molar-refractivity contribution in [2.24, 2.45) is 5.92 Å². The second kappa shape index (κ2) is 9.45. The number of aromatic nitrogens is 1. The smallest absolute Gasteiger partial charge is 0.213 e. The maximum absolute atomic E-state index is 14.9. The maximum Gasteiger partial charge on any atom is 0.213 e. The number of halogens is 2. The molecule has 1 aromatic heterocycles. The van der Waals surface area contributed by atoms with E-state index in [0.29, 0.717) is 28.7 Å². The fourth-order valence-corrected chi connectivity index (χ4v) is 5.16. The van der Waals surface area contributed by atoms with Crippen molar-refractivity contribution in [2.75, 3.05) is 13.2 Å². The third kappa shape index (κ3) is 4.95.